The van der Waals surface area contributed by atoms with Gasteiger partial charge in [0, 0.05) is 19.8 Å². The Morgan fingerprint density at radius 1 is 0.680 bits per heavy atom. The minimum absolute atomic E-state index is 1.12. The Kier molecular flexibility index (Phi) is 6.64. The molecule has 0 saturated carbocycles. The van der Waals surface area contributed by atoms with Crippen molar-refractivity contribution in [3.05, 3.63) is 78.4 Å². The van der Waals surface area contributed by atoms with Gasteiger partial charge >= 0.3 is 0 Å². The monoisotopic (exact) mass is 332 g/mol. The van der Waals surface area contributed by atoms with Crippen LogP contribution in [0, 0.1) is 6.92 Å². The van der Waals surface area contributed by atoms with E-state index >= 15 is 0 Å². The summed E-state index contributed by atoms with van der Waals surface area (Å²) in [6, 6.07) is 25.4. The Morgan fingerprint density at radius 3 is 2.00 bits per heavy atom. The fourth-order valence-corrected chi connectivity index (χ4v) is 2.68. The van der Waals surface area contributed by atoms with E-state index in [1.165, 1.54) is 22.4 Å². The predicted octanol–water partition coefficient (Wildman–Crippen LogP) is 6.50. The Morgan fingerprint density at radius 2 is 1.32 bits per heavy atom. The highest BCUT2D eigenvalue weighted by molar-refractivity contribution is 5.78. The molecule has 0 spiro atoms. The maximum atomic E-state index is 3.59. The van der Waals surface area contributed by atoms with Crippen molar-refractivity contribution in [2.75, 3.05) is 24.3 Å². The van der Waals surface area contributed by atoms with Gasteiger partial charge in [-0.15, -0.1) is 0 Å². The molecule has 2 nitrogen and oxygen atoms in total. The molecular formula is C23H28N2. The number of benzene rings is 3. The van der Waals surface area contributed by atoms with Crippen LogP contribution in [0.25, 0.3) is 11.1 Å². The quantitative estimate of drug-likeness (QED) is 0.587. The summed E-state index contributed by atoms with van der Waals surface area (Å²) in [5.74, 6) is 0. The van der Waals surface area contributed by atoms with Gasteiger partial charge in [-0.05, 0) is 41.8 Å². The highest BCUT2D eigenvalue weighted by Crippen LogP contribution is 2.31. The van der Waals surface area contributed by atoms with Crippen LogP contribution in [0.5, 0.6) is 0 Å². The van der Waals surface area contributed by atoms with Gasteiger partial charge in [0.25, 0.3) is 0 Å². The third-order valence-electron chi connectivity index (χ3n) is 4.00. The highest BCUT2D eigenvalue weighted by atomic mass is 15.1. The number of nitrogens with zero attached hydrogens (tertiary/aromatic N) is 1. The zero-order chi connectivity index (χ0) is 18.2. The Balaban J connectivity index is 0.00000109. The van der Waals surface area contributed by atoms with Crippen LogP contribution in [0.4, 0.5) is 17.1 Å². The van der Waals surface area contributed by atoms with E-state index in [-0.39, 0.29) is 0 Å². The summed E-state index contributed by atoms with van der Waals surface area (Å²) in [4.78, 5) is 2.12. The molecule has 3 aromatic rings. The number of hydrogen-bond donors (Lipinski definition) is 1. The maximum Gasteiger partial charge on any atom is 0.0621 e. The summed E-state index contributed by atoms with van der Waals surface area (Å²) >= 11 is 0. The molecule has 25 heavy (non-hydrogen) atoms. The van der Waals surface area contributed by atoms with E-state index in [0.717, 1.165) is 11.4 Å². The molecule has 0 amide bonds. The molecule has 0 aliphatic heterocycles. The number of aryl methyl sites for hydroxylation is 1. The second-order valence-corrected chi connectivity index (χ2v) is 5.93. The minimum atomic E-state index is 1.12. The van der Waals surface area contributed by atoms with Gasteiger partial charge in [-0.25, -0.2) is 0 Å². The zero-order valence-corrected chi connectivity index (χ0v) is 15.9. The predicted molar refractivity (Wildman–Crippen MR) is 112 cm³/mol. The van der Waals surface area contributed by atoms with E-state index in [1.807, 2.05) is 19.9 Å². The molecule has 0 unspecified atom stereocenters. The Hall–Kier alpha value is -2.74. The SMILES string of the molecule is CC.Cc1ccc(-c2ccccc2)cc1Nc1ccccc1N(C)C. The third kappa shape index (κ3) is 4.63. The molecule has 0 saturated heterocycles. The number of para-hydroxylation sites is 2. The molecule has 0 bridgehead atoms. The first-order chi connectivity index (χ1) is 12.1. The van der Waals surface area contributed by atoms with E-state index < -0.39 is 0 Å². The van der Waals surface area contributed by atoms with Crippen LogP contribution in [-0.2, 0) is 0 Å². The lowest BCUT2D eigenvalue weighted by Crippen LogP contribution is -2.10. The smallest absolute Gasteiger partial charge is 0.0621 e. The van der Waals surface area contributed by atoms with Crippen molar-refractivity contribution in [2.45, 2.75) is 20.8 Å². The van der Waals surface area contributed by atoms with E-state index in [0.29, 0.717) is 0 Å². The van der Waals surface area contributed by atoms with Gasteiger partial charge < -0.3 is 10.2 Å². The normalized spacial score (nSPS) is 9.80. The average Bonchev–Trinajstić information content (AvgIpc) is 2.66. The highest BCUT2D eigenvalue weighted by Gasteiger charge is 2.07. The fraction of sp³-hybridized carbons (Fsp3) is 0.217. The summed E-state index contributed by atoms with van der Waals surface area (Å²) in [6.45, 7) is 6.13. The standard InChI is InChI=1S/C21H22N2.C2H6/c1-16-13-14-18(17-9-5-4-6-10-17)15-20(16)22-19-11-7-8-12-21(19)23(2)3;1-2/h4-15,22H,1-3H3;1-2H3. The lowest BCUT2D eigenvalue weighted by molar-refractivity contribution is 1.13. The summed E-state index contributed by atoms with van der Waals surface area (Å²) in [7, 11) is 4.13. The van der Waals surface area contributed by atoms with E-state index in [1.54, 1.807) is 0 Å². The van der Waals surface area contributed by atoms with E-state index in [2.05, 4.69) is 98.0 Å². The maximum absolute atomic E-state index is 3.59. The Labute approximate surface area is 152 Å². The van der Waals surface area contributed by atoms with Gasteiger partial charge in [-0.3, -0.25) is 0 Å². The van der Waals surface area contributed by atoms with Gasteiger partial charge in [0.05, 0.1) is 11.4 Å². The van der Waals surface area contributed by atoms with Crippen molar-refractivity contribution >= 4 is 17.1 Å². The molecule has 1 N–H and O–H groups in total. The number of hydrogen-bond acceptors (Lipinski definition) is 2. The van der Waals surface area contributed by atoms with Crippen molar-refractivity contribution < 1.29 is 0 Å². The number of nitrogens with one attached hydrogen (secondary N) is 1. The van der Waals surface area contributed by atoms with Gasteiger partial charge in [0.2, 0.25) is 0 Å². The molecule has 0 atom stereocenters. The molecule has 0 radical (unpaired) electrons. The molecule has 3 rings (SSSR count). The van der Waals surface area contributed by atoms with Crippen molar-refractivity contribution in [1.29, 1.82) is 0 Å². The first-order valence-corrected chi connectivity index (χ1v) is 8.84. The van der Waals surface area contributed by atoms with Crippen LogP contribution in [0.15, 0.2) is 72.8 Å². The van der Waals surface area contributed by atoms with Crippen LogP contribution in [0.1, 0.15) is 19.4 Å². The molecule has 0 fully saturated rings. The molecule has 3 aromatic carbocycles. The van der Waals surface area contributed by atoms with Crippen LogP contribution < -0.4 is 10.2 Å². The molecular weight excluding hydrogens is 304 g/mol. The van der Waals surface area contributed by atoms with Crippen molar-refractivity contribution in [1.82, 2.24) is 0 Å². The second kappa shape index (κ2) is 8.93. The summed E-state index contributed by atoms with van der Waals surface area (Å²) in [6.07, 6.45) is 0. The van der Waals surface area contributed by atoms with Crippen LogP contribution >= 0.6 is 0 Å². The number of anilines is 3. The summed E-state index contributed by atoms with van der Waals surface area (Å²) < 4.78 is 0. The van der Waals surface area contributed by atoms with Crippen LogP contribution in [0.3, 0.4) is 0 Å². The van der Waals surface area contributed by atoms with Crippen molar-refractivity contribution in [3.63, 3.8) is 0 Å². The average molecular weight is 332 g/mol. The van der Waals surface area contributed by atoms with Gasteiger partial charge in [0.1, 0.15) is 0 Å². The molecule has 0 aliphatic carbocycles. The molecule has 0 heterocycles. The van der Waals surface area contributed by atoms with Gasteiger partial charge in [-0.2, -0.15) is 0 Å². The Bertz CT molecular complexity index is 792. The fourth-order valence-electron chi connectivity index (χ4n) is 2.68. The number of rotatable bonds is 4. The van der Waals surface area contributed by atoms with Crippen LogP contribution in [0.2, 0.25) is 0 Å². The van der Waals surface area contributed by atoms with E-state index in [9.17, 15) is 0 Å². The van der Waals surface area contributed by atoms with Gasteiger partial charge in [0.15, 0.2) is 0 Å². The first kappa shape index (κ1) is 18.6. The van der Waals surface area contributed by atoms with Crippen molar-refractivity contribution in [2.24, 2.45) is 0 Å². The molecule has 2 heteroatoms. The zero-order valence-electron chi connectivity index (χ0n) is 15.9. The van der Waals surface area contributed by atoms with Crippen molar-refractivity contribution in [3.8, 4) is 11.1 Å². The topological polar surface area (TPSA) is 15.3 Å². The lowest BCUT2D eigenvalue weighted by atomic mass is 10.0. The first-order valence-electron chi connectivity index (χ1n) is 8.84. The van der Waals surface area contributed by atoms with Gasteiger partial charge in [-0.1, -0.05) is 68.4 Å². The molecule has 0 aromatic heterocycles. The third-order valence-corrected chi connectivity index (χ3v) is 4.00. The molecule has 130 valence electrons. The lowest BCUT2D eigenvalue weighted by Gasteiger charge is -2.19. The second-order valence-electron chi connectivity index (χ2n) is 5.93. The minimum Gasteiger partial charge on any atom is -0.376 e. The largest absolute Gasteiger partial charge is 0.376 e. The van der Waals surface area contributed by atoms with E-state index in [4.69, 9.17) is 0 Å². The summed E-state index contributed by atoms with van der Waals surface area (Å²) in [5, 5.41) is 3.59. The molecule has 0 aliphatic rings. The summed E-state index contributed by atoms with van der Waals surface area (Å²) in [5.41, 5.74) is 7.12. The van der Waals surface area contributed by atoms with Crippen LogP contribution in [-0.4, -0.2) is 14.1 Å².